The van der Waals surface area contributed by atoms with Gasteiger partial charge in [0.25, 0.3) is 0 Å². The lowest BCUT2D eigenvalue weighted by atomic mass is 10.1. The van der Waals surface area contributed by atoms with Gasteiger partial charge in [-0.2, -0.15) is 0 Å². The zero-order valence-electron chi connectivity index (χ0n) is 16.2. The molecular formula is C20H25BrN2O4S. The molecule has 152 valence electrons. The van der Waals surface area contributed by atoms with Gasteiger partial charge < -0.3 is 10.1 Å². The zero-order valence-corrected chi connectivity index (χ0v) is 18.6. The molecule has 2 aromatic rings. The first kappa shape index (κ1) is 22.4. The second kappa shape index (κ2) is 9.54. The normalized spacial score (nSPS) is 11.9. The van der Waals surface area contributed by atoms with E-state index in [2.05, 4.69) is 26.0 Å². The summed E-state index contributed by atoms with van der Waals surface area (Å²) in [6.45, 7) is 5.71. The van der Waals surface area contributed by atoms with Gasteiger partial charge in [0, 0.05) is 17.6 Å². The van der Waals surface area contributed by atoms with Gasteiger partial charge in [0.15, 0.2) is 0 Å². The molecule has 0 aliphatic rings. The van der Waals surface area contributed by atoms with Gasteiger partial charge in [0.05, 0.1) is 16.0 Å². The quantitative estimate of drug-likeness (QED) is 0.564. The van der Waals surface area contributed by atoms with Crippen LogP contribution in [0.1, 0.15) is 33.6 Å². The Bertz CT molecular complexity index is 924. The predicted octanol–water partition coefficient (Wildman–Crippen LogP) is 4.32. The van der Waals surface area contributed by atoms with Crippen LogP contribution in [-0.4, -0.2) is 26.5 Å². The Morgan fingerprint density at radius 3 is 2.50 bits per heavy atom. The van der Waals surface area contributed by atoms with Crippen molar-refractivity contribution < 1.29 is 17.9 Å². The topological polar surface area (TPSA) is 84.5 Å². The number of amides is 1. The second-order valence-electron chi connectivity index (χ2n) is 7.31. The lowest BCUT2D eigenvalue weighted by molar-refractivity contribution is -0.116. The Morgan fingerprint density at radius 1 is 1.11 bits per heavy atom. The highest BCUT2D eigenvalue weighted by molar-refractivity contribution is 9.10. The standard InChI is InChI=1S/C20H25BrN2O4S/c1-20(2,3)23-28(25,26)16-9-6-8-15(14-16)22-19(24)12-7-13-27-18-11-5-4-10-17(18)21/h4-6,8-11,14,23H,7,12-13H2,1-3H3,(H,22,24). The fraction of sp³-hybridized carbons (Fsp3) is 0.350. The number of ether oxygens (including phenoxy) is 1. The number of hydrogen-bond donors (Lipinski definition) is 2. The summed E-state index contributed by atoms with van der Waals surface area (Å²) < 4.78 is 33.9. The van der Waals surface area contributed by atoms with Crippen LogP contribution in [0.2, 0.25) is 0 Å². The summed E-state index contributed by atoms with van der Waals surface area (Å²) >= 11 is 3.40. The van der Waals surface area contributed by atoms with Crippen molar-refractivity contribution in [2.75, 3.05) is 11.9 Å². The maximum atomic E-state index is 12.4. The molecule has 6 nitrogen and oxygen atoms in total. The van der Waals surface area contributed by atoms with Crippen molar-refractivity contribution in [3.8, 4) is 5.75 Å². The number of para-hydroxylation sites is 1. The first-order valence-electron chi connectivity index (χ1n) is 8.88. The fourth-order valence-corrected chi connectivity index (χ4v) is 4.27. The van der Waals surface area contributed by atoms with Crippen molar-refractivity contribution in [2.45, 2.75) is 44.0 Å². The third kappa shape index (κ3) is 7.26. The molecule has 28 heavy (non-hydrogen) atoms. The van der Waals surface area contributed by atoms with E-state index in [9.17, 15) is 13.2 Å². The van der Waals surface area contributed by atoms with Crippen molar-refractivity contribution in [3.05, 3.63) is 53.0 Å². The summed E-state index contributed by atoms with van der Waals surface area (Å²) in [7, 11) is -3.66. The first-order chi connectivity index (χ1) is 13.1. The van der Waals surface area contributed by atoms with Gasteiger partial charge in [-0.1, -0.05) is 18.2 Å². The van der Waals surface area contributed by atoms with E-state index in [1.54, 1.807) is 32.9 Å². The smallest absolute Gasteiger partial charge is 0.241 e. The van der Waals surface area contributed by atoms with Crippen molar-refractivity contribution in [2.24, 2.45) is 0 Å². The van der Waals surface area contributed by atoms with E-state index in [0.29, 0.717) is 18.7 Å². The van der Waals surface area contributed by atoms with Crippen LogP contribution in [0.3, 0.4) is 0 Å². The summed E-state index contributed by atoms with van der Waals surface area (Å²) in [5.74, 6) is 0.529. The van der Waals surface area contributed by atoms with Crippen LogP contribution in [0.5, 0.6) is 5.75 Å². The van der Waals surface area contributed by atoms with E-state index in [4.69, 9.17) is 4.74 Å². The van der Waals surface area contributed by atoms with Crippen LogP contribution in [0.15, 0.2) is 57.9 Å². The Morgan fingerprint density at radius 2 is 1.82 bits per heavy atom. The number of nitrogens with one attached hydrogen (secondary N) is 2. The molecule has 2 N–H and O–H groups in total. The van der Waals surface area contributed by atoms with Gasteiger partial charge in [-0.05, 0) is 73.5 Å². The summed E-state index contributed by atoms with van der Waals surface area (Å²) in [5, 5.41) is 2.73. The molecule has 0 bridgehead atoms. The molecule has 0 radical (unpaired) electrons. The Kier molecular flexibility index (Phi) is 7.63. The number of rotatable bonds is 8. The van der Waals surface area contributed by atoms with Crippen LogP contribution in [-0.2, 0) is 14.8 Å². The molecule has 0 aromatic heterocycles. The number of benzene rings is 2. The third-order valence-electron chi connectivity index (χ3n) is 3.51. The van der Waals surface area contributed by atoms with E-state index in [1.165, 1.54) is 12.1 Å². The van der Waals surface area contributed by atoms with Gasteiger partial charge in [-0.3, -0.25) is 4.79 Å². The maximum Gasteiger partial charge on any atom is 0.241 e. The minimum Gasteiger partial charge on any atom is -0.492 e. The highest BCUT2D eigenvalue weighted by Crippen LogP contribution is 2.24. The van der Waals surface area contributed by atoms with Crippen LogP contribution in [0.4, 0.5) is 5.69 Å². The van der Waals surface area contributed by atoms with E-state index < -0.39 is 15.6 Å². The monoisotopic (exact) mass is 468 g/mol. The predicted molar refractivity (Wildman–Crippen MR) is 114 cm³/mol. The molecular weight excluding hydrogens is 444 g/mol. The Hall–Kier alpha value is -1.90. The van der Waals surface area contributed by atoms with Gasteiger partial charge >= 0.3 is 0 Å². The van der Waals surface area contributed by atoms with Gasteiger partial charge in [-0.25, -0.2) is 13.1 Å². The molecule has 0 unspecified atom stereocenters. The van der Waals surface area contributed by atoms with Crippen molar-refractivity contribution in [3.63, 3.8) is 0 Å². The number of anilines is 1. The van der Waals surface area contributed by atoms with E-state index in [1.807, 2.05) is 24.3 Å². The SMILES string of the molecule is CC(C)(C)NS(=O)(=O)c1cccc(NC(=O)CCCOc2ccccc2Br)c1. The molecule has 8 heteroatoms. The van der Waals surface area contributed by atoms with Crippen molar-refractivity contribution >= 4 is 37.5 Å². The number of halogens is 1. The van der Waals surface area contributed by atoms with Crippen LogP contribution < -0.4 is 14.8 Å². The number of sulfonamides is 1. The molecule has 0 saturated heterocycles. The summed E-state index contributed by atoms with van der Waals surface area (Å²) in [5.41, 5.74) is -0.153. The largest absolute Gasteiger partial charge is 0.492 e. The summed E-state index contributed by atoms with van der Waals surface area (Å²) in [6, 6.07) is 13.7. The van der Waals surface area contributed by atoms with Crippen LogP contribution >= 0.6 is 15.9 Å². The number of carbonyl (C=O) groups excluding carboxylic acids is 1. The van der Waals surface area contributed by atoms with Gasteiger partial charge in [0.1, 0.15) is 5.75 Å². The highest BCUT2D eigenvalue weighted by Gasteiger charge is 2.22. The maximum absolute atomic E-state index is 12.4. The molecule has 0 atom stereocenters. The number of hydrogen-bond acceptors (Lipinski definition) is 4. The molecule has 0 saturated carbocycles. The molecule has 2 aromatic carbocycles. The molecule has 0 heterocycles. The zero-order chi connectivity index (χ0) is 20.8. The average molecular weight is 469 g/mol. The van der Waals surface area contributed by atoms with Crippen LogP contribution in [0.25, 0.3) is 0 Å². The van der Waals surface area contributed by atoms with Gasteiger partial charge in [0.2, 0.25) is 15.9 Å². The Balaban J connectivity index is 1.88. The molecule has 0 aliphatic heterocycles. The lowest BCUT2D eigenvalue weighted by Crippen LogP contribution is -2.40. The summed E-state index contributed by atoms with van der Waals surface area (Å²) in [4.78, 5) is 12.2. The minimum atomic E-state index is -3.66. The second-order valence-corrected chi connectivity index (χ2v) is 9.85. The van der Waals surface area contributed by atoms with Gasteiger partial charge in [-0.15, -0.1) is 0 Å². The van der Waals surface area contributed by atoms with Crippen molar-refractivity contribution in [1.29, 1.82) is 0 Å². The lowest BCUT2D eigenvalue weighted by Gasteiger charge is -2.20. The van der Waals surface area contributed by atoms with Crippen molar-refractivity contribution in [1.82, 2.24) is 4.72 Å². The minimum absolute atomic E-state index is 0.109. The van der Waals surface area contributed by atoms with Crippen LogP contribution in [0, 0.1) is 0 Å². The molecule has 0 aliphatic carbocycles. The Labute approximate surface area is 174 Å². The summed E-state index contributed by atoms with van der Waals surface area (Å²) in [6.07, 6.45) is 0.804. The van der Waals surface area contributed by atoms with E-state index >= 15 is 0 Å². The molecule has 1 amide bonds. The third-order valence-corrected chi connectivity index (χ3v) is 5.92. The highest BCUT2D eigenvalue weighted by atomic mass is 79.9. The van der Waals surface area contributed by atoms with E-state index in [-0.39, 0.29) is 17.2 Å². The number of carbonyl (C=O) groups is 1. The molecule has 0 fully saturated rings. The molecule has 0 spiro atoms. The van der Waals surface area contributed by atoms with E-state index in [0.717, 1.165) is 10.2 Å². The average Bonchev–Trinajstić information content (AvgIpc) is 2.58. The molecule has 2 rings (SSSR count). The first-order valence-corrected chi connectivity index (χ1v) is 11.2. The fourth-order valence-electron chi connectivity index (χ4n) is 2.40.